The smallest absolute Gasteiger partial charge is 0.224 e. The van der Waals surface area contributed by atoms with E-state index in [1.165, 1.54) is 10.6 Å². The van der Waals surface area contributed by atoms with Gasteiger partial charge in [-0.2, -0.15) is 11.8 Å². The first kappa shape index (κ1) is 20.8. The molecule has 0 aromatic heterocycles. The predicted molar refractivity (Wildman–Crippen MR) is 105 cm³/mol. The third kappa shape index (κ3) is 6.64. The molecule has 5 nitrogen and oxygen atoms in total. The molecular formula is C16H22Cl2N2O3S2. The highest BCUT2D eigenvalue weighted by atomic mass is 35.5. The zero-order valence-electron chi connectivity index (χ0n) is 14.0. The Balaban J connectivity index is 1.70. The maximum Gasteiger partial charge on any atom is 0.224 e. The Kier molecular flexibility index (Phi) is 7.89. The molecule has 1 atom stereocenters. The molecule has 2 rings (SSSR count). The summed E-state index contributed by atoms with van der Waals surface area (Å²) in [5.74, 6) is 1.17. The van der Waals surface area contributed by atoms with Gasteiger partial charge in [-0.05, 0) is 30.5 Å². The number of rotatable bonds is 7. The summed E-state index contributed by atoms with van der Waals surface area (Å²) < 4.78 is 24.6. The van der Waals surface area contributed by atoms with Gasteiger partial charge in [0.05, 0.1) is 12.2 Å². The van der Waals surface area contributed by atoms with Gasteiger partial charge in [0.25, 0.3) is 0 Å². The highest BCUT2D eigenvalue weighted by Crippen LogP contribution is 2.24. The second-order valence-electron chi connectivity index (χ2n) is 6.04. The Morgan fingerprint density at radius 3 is 2.84 bits per heavy atom. The Bertz CT molecular complexity index is 713. The van der Waals surface area contributed by atoms with Gasteiger partial charge in [-0.25, -0.2) is 12.7 Å². The predicted octanol–water partition coefficient (Wildman–Crippen LogP) is 3.01. The molecule has 0 aliphatic carbocycles. The van der Waals surface area contributed by atoms with Gasteiger partial charge in [0.15, 0.2) is 0 Å². The zero-order chi connectivity index (χ0) is 18.4. The molecule has 25 heavy (non-hydrogen) atoms. The maximum atomic E-state index is 12.2. The van der Waals surface area contributed by atoms with Gasteiger partial charge in [-0.15, -0.1) is 0 Å². The molecule has 0 saturated carbocycles. The van der Waals surface area contributed by atoms with E-state index in [4.69, 9.17) is 23.2 Å². The third-order valence-corrected chi connectivity index (χ3v) is 6.91. The molecule has 1 N–H and O–H groups in total. The van der Waals surface area contributed by atoms with Crippen molar-refractivity contribution < 1.29 is 13.2 Å². The van der Waals surface area contributed by atoms with Gasteiger partial charge in [-0.1, -0.05) is 29.3 Å². The molecule has 1 heterocycles. The van der Waals surface area contributed by atoms with E-state index < -0.39 is 10.0 Å². The van der Waals surface area contributed by atoms with Crippen LogP contribution < -0.4 is 5.32 Å². The first-order valence-electron chi connectivity index (χ1n) is 8.02. The van der Waals surface area contributed by atoms with Crippen molar-refractivity contribution in [1.29, 1.82) is 0 Å². The normalized spacial score (nSPS) is 18.9. The zero-order valence-corrected chi connectivity index (χ0v) is 17.1. The molecule has 0 bridgehead atoms. The van der Waals surface area contributed by atoms with Crippen LogP contribution in [0.25, 0.3) is 0 Å². The van der Waals surface area contributed by atoms with E-state index in [0.717, 1.165) is 29.9 Å². The Morgan fingerprint density at radius 2 is 2.16 bits per heavy atom. The van der Waals surface area contributed by atoms with E-state index >= 15 is 0 Å². The maximum absolute atomic E-state index is 12.2. The number of nitrogens with zero attached hydrogens (tertiary/aromatic N) is 1. The molecule has 1 aliphatic heterocycles. The van der Waals surface area contributed by atoms with Gasteiger partial charge >= 0.3 is 0 Å². The van der Waals surface area contributed by atoms with E-state index in [1.807, 2.05) is 12.1 Å². The summed E-state index contributed by atoms with van der Waals surface area (Å²) in [6.07, 6.45) is 2.63. The molecule has 1 fully saturated rings. The summed E-state index contributed by atoms with van der Waals surface area (Å²) in [4.78, 5) is 12.2. The summed E-state index contributed by atoms with van der Waals surface area (Å²) >= 11 is 13.7. The van der Waals surface area contributed by atoms with Crippen LogP contribution in [-0.2, 0) is 20.6 Å². The summed E-state index contributed by atoms with van der Waals surface area (Å²) in [6, 6.07) is 5.43. The van der Waals surface area contributed by atoms with Crippen LogP contribution >= 0.6 is 35.0 Å². The van der Waals surface area contributed by atoms with E-state index in [-0.39, 0.29) is 18.4 Å². The van der Waals surface area contributed by atoms with Crippen molar-refractivity contribution >= 4 is 50.9 Å². The molecular weight excluding hydrogens is 403 g/mol. The molecule has 1 aromatic rings. The van der Waals surface area contributed by atoms with Gasteiger partial charge in [0.2, 0.25) is 15.9 Å². The van der Waals surface area contributed by atoms with Crippen LogP contribution in [0.15, 0.2) is 18.2 Å². The Labute approximate surface area is 163 Å². The fourth-order valence-corrected chi connectivity index (χ4v) is 5.00. The van der Waals surface area contributed by atoms with Crippen LogP contribution in [0.2, 0.25) is 10.0 Å². The molecule has 9 heteroatoms. The van der Waals surface area contributed by atoms with E-state index in [1.54, 1.807) is 17.8 Å². The molecule has 140 valence electrons. The van der Waals surface area contributed by atoms with Crippen LogP contribution in [0, 0.1) is 5.92 Å². The van der Waals surface area contributed by atoms with Crippen LogP contribution in [0.5, 0.6) is 0 Å². The van der Waals surface area contributed by atoms with Gasteiger partial charge in [0, 0.05) is 41.2 Å². The summed E-state index contributed by atoms with van der Waals surface area (Å²) in [5.41, 5.74) is 1.01. The lowest BCUT2D eigenvalue weighted by atomic mass is 9.99. The van der Waals surface area contributed by atoms with Crippen molar-refractivity contribution in [2.24, 2.45) is 5.92 Å². The molecule has 0 radical (unpaired) electrons. The van der Waals surface area contributed by atoms with Crippen molar-refractivity contribution in [2.45, 2.75) is 18.6 Å². The fourth-order valence-electron chi connectivity index (χ4n) is 2.67. The van der Waals surface area contributed by atoms with E-state index in [0.29, 0.717) is 23.1 Å². The minimum absolute atomic E-state index is 0.0709. The number of benzene rings is 1. The Hall–Kier alpha value is -0.470. The molecule has 1 unspecified atom stereocenters. The molecule has 1 saturated heterocycles. The van der Waals surface area contributed by atoms with Crippen LogP contribution in [0.1, 0.15) is 18.4 Å². The average Bonchev–Trinajstić information content (AvgIpc) is 2.55. The largest absolute Gasteiger partial charge is 0.355 e. The quantitative estimate of drug-likeness (QED) is 0.682. The highest BCUT2D eigenvalue weighted by Gasteiger charge is 2.29. The fraction of sp³-hybridized carbons (Fsp3) is 0.562. The number of nitrogens with one attached hydrogen (secondary N) is 1. The van der Waals surface area contributed by atoms with Gasteiger partial charge in [-0.3, -0.25) is 4.79 Å². The lowest BCUT2D eigenvalue weighted by molar-refractivity contribution is -0.125. The molecule has 0 spiro atoms. The van der Waals surface area contributed by atoms with Crippen molar-refractivity contribution in [3.63, 3.8) is 0 Å². The third-order valence-electron chi connectivity index (χ3n) is 4.04. The number of carbonyl (C=O) groups is 1. The number of halogens is 2. The second kappa shape index (κ2) is 9.46. The number of piperidine rings is 1. The monoisotopic (exact) mass is 424 g/mol. The minimum atomic E-state index is -3.23. The number of hydrogen-bond donors (Lipinski definition) is 1. The Morgan fingerprint density at radius 1 is 1.40 bits per heavy atom. The second-order valence-corrected chi connectivity index (χ2v) is 9.97. The lowest BCUT2D eigenvalue weighted by Crippen LogP contribution is -2.45. The number of amides is 1. The van der Waals surface area contributed by atoms with Crippen molar-refractivity contribution in [3.8, 4) is 0 Å². The summed E-state index contributed by atoms with van der Waals surface area (Å²) in [6.45, 7) is 1.32. The van der Waals surface area contributed by atoms with E-state index in [2.05, 4.69) is 5.32 Å². The van der Waals surface area contributed by atoms with Gasteiger partial charge in [0.1, 0.15) is 0 Å². The van der Waals surface area contributed by atoms with Crippen LogP contribution in [-0.4, -0.2) is 50.3 Å². The number of hydrogen-bond acceptors (Lipinski definition) is 4. The van der Waals surface area contributed by atoms with Crippen molar-refractivity contribution in [3.05, 3.63) is 33.8 Å². The summed E-state index contributed by atoms with van der Waals surface area (Å²) in [5, 5.41) is 4.16. The van der Waals surface area contributed by atoms with E-state index in [9.17, 15) is 13.2 Å². The molecule has 1 aromatic carbocycles. The number of thioether (sulfide) groups is 1. The highest BCUT2D eigenvalue weighted by molar-refractivity contribution is 7.98. The number of sulfonamides is 1. The minimum Gasteiger partial charge on any atom is -0.355 e. The van der Waals surface area contributed by atoms with Crippen LogP contribution in [0.3, 0.4) is 0 Å². The van der Waals surface area contributed by atoms with Crippen molar-refractivity contribution in [1.82, 2.24) is 9.62 Å². The topological polar surface area (TPSA) is 66.5 Å². The standard InChI is InChI=1S/C16H22Cl2N2O3S2/c1-25(22,23)20-7-2-3-12(10-20)16(21)19-6-8-24-11-13-4-5-14(17)9-15(13)18/h4-5,9,12H,2-3,6-8,10-11H2,1H3,(H,19,21). The van der Waals surface area contributed by atoms with Gasteiger partial charge < -0.3 is 5.32 Å². The first-order chi connectivity index (χ1) is 11.8. The lowest BCUT2D eigenvalue weighted by Gasteiger charge is -2.30. The number of carbonyl (C=O) groups excluding carboxylic acids is 1. The SMILES string of the molecule is CS(=O)(=O)N1CCCC(C(=O)NCCSCc2ccc(Cl)cc2Cl)C1. The summed E-state index contributed by atoms with van der Waals surface area (Å²) in [7, 11) is -3.23. The molecule has 1 amide bonds. The van der Waals surface area contributed by atoms with Crippen molar-refractivity contribution in [2.75, 3.05) is 31.6 Å². The van der Waals surface area contributed by atoms with Crippen LogP contribution in [0.4, 0.5) is 0 Å². The first-order valence-corrected chi connectivity index (χ1v) is 11.8. The average molecular weight is 425 g/mol. The molecule has 1 aliphatic rings.